The summed E-state index contributed by atoms with van der Waals surface area (Å²) in [5.41, 5.74) is 1.45. The fraction of sp³-hybridized carbons (Fsp3) is 0.0909. The molecule has 156 valence electrons. The molecule has 2 aliphatic heterocycles. The highest BCUT2D eigenvalue weighted by Crippen LogP contribution is 2.39. The van der Waals surface area contributed by atoms with E-state index in [9.17, 15) is 9.59 Å². The summed E-state index contributed by atoms with van der Waals surface area (Å²) >= 11 is 13.1. The molecule has 2 aliphatic rings. The normalized spacial score (nSPS) is 16.6. The van der Waals surface area contributed by atoms with Crippen LogP contribution in [0, 0.1) is 0 Å². The first-order valence-corrected chi connectivity index (χ1v) is 10.7. The molecular weight excluding hydrogens is 461 g/mol. The van der Waals surface area contributed by atoms with Gasteiger partial charge in [-0.2, -0.15) is 0 Å². The third-order valence-corrected chi connectivity index (χ3v) is 6.28. The van der Waals surface area contributed by atoms with E-state index in [0.29, 0.717) is 38.6 Å². The molecule has 0 bridgehead atoms. The topological polar surface area (TPSA) is 69.0 Å². The number of furan rings is 1. The fourth-order valence-electron chi connectivity index (χ4n) is 3.22. The van der Waals surface area contributed by atoms with Crippen LogP contribution in [-0.2, 0) is 11.3 Å². The molecule has 0 unspecified atom stereocenters. The van der Waals surface area contributed by atoms with Crippen molar-refractivity contribution in [3.05, 3.63) is 74.8 Å². The Kier molecular flexibility index (Phi) is 5.17. The first-order chi connectivity index (χ1) is 15.0. The molecule has 0 radical (unpaired) electrons. The van der Waals surface area contributed by atoms with E-state index in [2.05, 4.69) is 0 Å². The standard InChI is InChI=1S/C22H13Cl2NO5S/c23-14-3-1-12(2-4-14)17-6-5-15(30-17)8-20-21(26)25(22(27)31-20)10-13-7-18-19(9-16(13)24)29-11-28-18/h1-9H,10-11H2. The lowest BCUT2D eigenvalue weighted by Crippen LogP contribution is -2.27. The molecule has 0 spiro atoms. The monoisotopic (exact) mass is 473 g/mol. The lowest BCUT2D eigenvalue weighted by molar-refractivity contribution is -0.123. The van der Waals surface area contributed by atoms with Crippen molar-refractivity contribution in [3.63, 3.8) is 0 Å². The number of hydrogen-bond donors (Lipinski definition) is 0. The van der Waals surface area contributed by atoms with Gasteiger partial charge >= 0.3 is 0 Å². The number of imide groups is 1. The second-order valence-corrected chi connectivity index (χ2v) is 8.61. The van der Waals surface area contributed by atoms with Crippen molar-refractivity contribution < 1.29 is 23.5 Å². The van der Waals surface area contributed by atoms with Crippen molar-refractivity contribution in [2.75, 3.05) is 6.79 Å². The quantitative estimate of drug-likeness (QED) is 0.419. The predicted molar refractivity (Wildman–Crippen MR) is 118 cm³/mol. The fourth-order valence-corrected chi connectivity index (χ4v) is 4.37. The van der Waals surface area contributed by atoms with E-state index < -0.39 is 5.91 Å². The summed E-state index contributed by atoms with van der Waals surface area (Å²) in [7, 11) is 0. The number of nitrogens with zero attached hydrogens (tertiary/aromatic N) is 1. The molecule has 1 fully saturated rings. The van der Waals surface area contributed by atoms with Crippen molar-refractivity contribution in [1.82, 2.24) is 4.90 Å². The Balaban J connectivity index is 1.36. The molecule has 3 heterocycles. The SMILES string of the molecule is O=C1SC(=Cc2ccc(-c3ccc(Cl)cc3)o2)C(=O)N1Cc1cc2c(cc1Cl)OCO2. The van der Waals surface area contributed by atoms with Gasteiger partial charge in [0.1, 0.15) is 11.5 Å². The van der Waals surface area contributed by atoms with Crippen LogP contribution in [-0.4, -0.2) is 22.8 Å². The van der Waals surface area contributed by atoms with E-state index in [1.54, 1.807) is 42.5 Å². The van der Waals surface area contributed by atoms with Gasteiger partial charge in [0.15, 0.2) is 11.5 Å². The van der Waals surface area contributed by atoms with Crippen LogP contribution in [0.2, 0.25) is 10.0 Å². The van der Waals surface area contributed by atoms with Gasteiger partial charge in [0, 0.05) is 27.8 Å². The second kappa shape index (κ2) is 8.00. The Bertz CT molecular complexity index is 1240. The third kappa shape index (κ3) is 3.92. The first-order valence-electron chi connectivity index (χ1n) is 9.17. The van der Waals surface area contributed by atoms with Crippen LogP contribution >= 0.6 is 35.0 Å². The van der Waals surface area contributed by atoms with Crippen LogP contribution in [0.4, 0.5) is 4.79 Å². The van der Waals surface area contributed by atoms with Crippen LogP contribution < -0.4 is 9.47 Å². The van der Waals surface area contributed by atoms with Crippen LogP contribution in [0.25, 0.3) is 17.4 Å². The van der Waals surface area contributed by atoms with Gasteiger partial charge in [0.2, 0.25) is 6.79 Å². The van der Waals surface area contributed by atoms with E-state index >= 15 is 0 Å². The number of ether oxygens (including phenoxy) is 2. The summed E-state index contributed by atoms with van der Waals surface area (Å²) in [6.07, 6.45) is 1.56. The zero-order valence-electron chi connectivity index (χ0n) is 15.8. The number of carbonyl (C=O) groups is 2. The summed E-state index contributed by atoms with van der Waals surface area (Å²) in [5.74, 6) is 1.77. The van der Waals surface area contributed by atoms with Gasteiger partial charge in [-0.3, -0.25) is 14.5 Å². The number of amides is 2. The Morgan fingerprint density at radius 3 is 2.52 bits per heavy atom. The molecular formula is C22H13Cl2NO5S. The van der Waals surface area contributed by atoms with E-state index in [0.717, 1.165) is 22.2 Å². The summed E-state index contributed by atoms with van der Waals surface area (Å²) in [5, 5.41) is 0.646. The molecule has 0 saturated carbocycles. The van der Waals surface area contributed by atoms with Gasteiger partial charge in [0.05, 0.1) is 11.4 Å². The average molecular weight is 474 g/mol. The maximum Gasteiger partial charge on any atom is 0.293 e. The summed E-state index contributed by atoms with van der Waals surface area (Å²) in [6, 6.07) is 14.1. The Labute approximate surface area is 191 Å². The van der Waals surface area contributed by atoms with Crippen molar-refractivity contribution in [3.8, 4) is 22.8 Å². The first kappa shape index (κ1) is 20.1. The molecule has 6 nitrogen and oxygen atoms in total. The number of fused-ring (bicyclic) bond motifs is 1. The van der Waals surface area contributed by atoms with Gasteiger partial charge in [-0.1, -0.05) is 23.2 Å². The van der Waals surface area contributed by atoms with E-state index in [-0.39, 0.29) is 23.5 Å². The minimum atomic E-state index is -0.409. The molecule has 2 amide bonds. The molecule has 9 heteroatoms. The number of benzene rings is 2. The summed E-state index contributed by atoms with van der Waals surface area (Å²) < 4.78 is 16.4. The van der Waals surface area contributed by atoms with E-state index in [1.165, 1.54) is 0 Å². The molecule has 1 saturated heterocycles. The van der Waals surface area contributed by atoms with E-state index in [4.69, 9.17) is 37.1 Å². The second-order valence-electron chi connectivity index (χ2n) is 6.77. The minimum Gasteiger partial charge on any atom is -0.457 e. The van der Waals surface area contributed by atoms with Crippen molar-refractivity contribution in [1.29, 1.82) is 0 Å². The van der Waals surface area contributed by atoms with Gasteiger partial charge in [-0.15, -0.1) is 0 Å². The Hall–Kier alpha value is -2.87. The van der Waals surface area contributed by atoms with Crippen LogP contribution in [0.15, 0.2) is 57.9 Å². The van der Waals surface area contributed by atoms with Gasteiger partial charge in [0.25, 0.3) is 11.1 Å². The van der Waals surface area contributed by atoms with Crippen molar-refractivity contribution in [2.45, 2.75) is 6.54 Å². The third-order valence-electron chi connectivity index (χ3n) is 4.77. The molecule has 1 aromatic heterocycles. The molecule has 0 N–H and O–H groups in total. The maximum absolute atomic E-state index is 12.8. The lowest BCUT2D eigenvalue weighted by atomic mass is 10.2. The molecule has 0 atom stereocenters. The highest BCUT2D eigenvalue weighted by Gasteiger charge is 2.36. The van der Waals surface area contributed by atoms with Crippen molar-refractivity contribution in [2.24, 2.45) is 0 Å². The highest BCUT2D eigenvalue weighted by molar-refractivity contribution is 8.18. The number of rotatable bonds is 4. The largest absolute Gasteiger partial charge is 0.457 e. The smallest absolute Gasteiger partial charge is 0.293 e. The minimum absolute atomic E-state index is 0.0334. The van der Waals surface area contributed by atoms with Crippen LogP contribution in [0.5, 0.6) is 11.5 Å². The van der Waals surface area contributed by atoms with Crippen molar-refractivity contribution >= 4 is 52.2 Å². The maximum atomic E-state index is 12.8. The zero-order chi connectivity index (χ0) is 21.5. The summed E-state index contributed by atoms with van der Waals surface area (Å²) in [4.78, 5) is 26.7. The average Bonchev–Trinajstić information content (AvgIpc) is 3.45. The molecule has 2 aromatic carbocycles. The number of thioether (sulfide) groups is 1. The molecule has 0 aliphatic carbocycles. The molecule has 5 rings (SSSR count). The zero-order valence-corrected chi connectivity index (χ0v) is 18.1. The van der Waals surface area contributed by atoms with Crippen LogP contribution in [0.3, 0.4) is 0 Å². The van der Waals surface area contributed by atoms with E-state index in [1.807, 2.05) is 12.1 Å². The summed E-state index contributed by atoms with van der Waals surface area (Å²) in [6.45, 7) is 0.145. The van der Waals surface area contributed by atoms with Crippen LogP contribution in [0.1, 0.15) is 11.3 Å². The van der Waals surface area contributed by atoms with Gasteiger partial charge in [-0.05, 0) is 59.8 Å². The molecule has 3 aromatic rings. The highest BCUT2D eigenvalue weighted by atomic mass is 35.5. The lowest BCUT2D eigenvalue weighted by Gasteiger charge is -2.14. The number of halogens is 2. The Morgan fingerprint density at radius 2 is 1.74 bits per heavy atom. The van der Waals surface area contributed by atoms with Gasteiger partial charge in [-0.25, -0.2) is 0 Å². The predicted octanol–water partition coefficient (Wildman–Crippen LogP) is 6.22. The molecule has 31 heavy (non-hydrogen) atoms. The number of hydrogen-bond acceptors (Lipinski definition) is 6. The van der Waals surface area contributed by atoms with Gasteiger partial charge < -0.3 is 13.9 Å². The Morgan fingerprint density at radius 1 is 1.00 bits per heavy atom. The number of carbonyl (C=O) groups excluding carboxylic acids is 2.